The number of carbonyl (C=O) groups is 2. The third kappa shape index (κ3) is 2.99. The zero-order valence-corrected chi connectivity index (χ0v) is 11.6. The van der Waals surface area contributed by atoms with Crippen molar-refractivity contribution >= 4 is 23.6 Å². The lowest BCUT2D eigenvalue weighted by Crippen LogP contribution is -2.49. The van der Waals surface area contributed by atoms with Gasteiger partial charge in [0.2, 0.25) is 5.91 Å². The molecular weight excluding hydrogens is 250 g/mol. The number of rotatable bonds is 2. The molecule has 2 heterocycles. The zero-order chi connectivity index (χ0) is 13.1. The Hall–Kier alpha value is -0.710. The number of hydrogen-bond donors (Lipinski definition) is 1. The first-order valence-corrected chi connectivity index (χ1v) is 7.79. The molecule has 0 aromatic rings. The van der Waals surface area contributed by atoms with E-state index in [9.17, 15) is 9.59 Å². The van der Waals surface area contributed by atoms with Crippen molar-refractivity contribution in [3.63, 3.8) is 0 Å². The highest BCUT2D eigenvalue weighted by molar-refractivity contribution is 8.00. The second kappa shape index (κ2) is 5.95. The standard InChI is InChI=1S/C13H21NO3S/c1-9-8-10(13(16)17)5-6-14(9)12(15)11-4-2-3-7-18-11/h9-11H,2-8H2,1H3,(H,16,17). The van der Waals surface area contributed by atoms with Crippen LogP contribution in [-0.2, 0) is 9.59 Å². The van der Waals surface area contributed by atoms with Crippen molar-refractivity contribution in [3.05, 3.63) is 0 Å². The van der Waals surface area contributed by atoms with Crippen LogP contribution in [0.3, 0.4) is 0 Å². The van der Waals surface area contributed by atoms with Gasteiger partial charge in [-0.1, -0.05) is 6.42 Å². The van der Waals surface area contributed by atoms with Crippen molar-refractivity contribution in [2.24, 2.45) is 5.92 Å². The van der Waals surface area contributed by atoms with E-state index in [0.717, 1.165) is 18.6 Å². The maximum absolute atomic E-state index is 12.4. The van der Waals surface area contributed by atoms with Crippen LogP contribution in [0.1, 0.15) is 39.0 Å². The average molecular weight is 271 g/mol. The fraction of sp³-hybridized carbons (Fsp3) is 0.846. The van der Waals surface area contributed by atoms with Gasteiger partial charge in [-0.25, -0.2) is 0 Å². The molecule has 0 saturated carbocycles. The van der Waals surface area contributed by atoms with E-state index >= 15 is 0 Å². The Morgan fingerprint density at radius 1 is 1.28 bits per heavy atom. The molecule has 1 N–H and O–H groups in total. The molecule has 0 spiro atoms. The van der Waals surface area contributed by atoms with Gasteiger partial charge in [-0.15, -0.1) is 11.8 Å². The number of amides is 1. The fourth-order valence-electron chi connectivity index (χ4n) is 2.84. The molecule has 102 valence electrons. The molecule has 0 radical (unpaired) electrons. The number of piperidine rings is 1. The summed E-state index contributed by atoms with van der Waals surface area (Å²) in [5.41, 5.74) is 0. The van der Waals surface area contributed by atoms with Crippen LogP contribution < -0.4 is 0 Å². The largest absolute Gasteiger partial charge is 0.481 e. The molecule has 4 nitrogen and oxygen atoms in total. The van der Waals surface area contributed by atoms with Crippen molar-refractivity contribution in [1.29, 1.82) is 0 Å². The van der Waals surface area contributed by atoms with E-state index in [1.165, 1.54) is 6.42 Å². The van der Waals surface area contributed by atoms with Gasteiger partial charge in [0.05, 0.1) is 11.2 Å². The number of nitrogens with zero attached hydrogens (tertiary/aromatic N) is 1. The highest BCUT2D eigenvalue weighted by Gasteiger charge is 2.35. The molecule has 0 bridgehead atoms. The van der Waals surface area contributed by atoms with E-state index in [4.69, 9.17) is 5.11 Å². The molecule has 3 atom stereocenters. The lowest BCUT2D eigenvalue weighted by atomic mass is 9.91. The predicted octanol–water partition coefficient (Wildman–Crippen LogP) is 1.98. The van der Waals surface area contributed by atoms with Gasteiger partial charge in [-0.05, 0) is 38.4 Å². The molecule has 18 heavy (non-hydrogen) atoms. The number of carbonyl (C=O) groups excluding carboxylic acids is 1. The number of carboxylic acids is 1. The Morgan fingerprint density at radius 3 is 2.61 bits per heavy atom. The first kappa shape index (κ1) is 13.7. The van der Waals surface area contributed by atoms with E-state index in [2.05, 4.69) is 0 Å². The van der Waals surface area contributed by atoms with Crippen LogP contribution >= 0.6 is 11.8 Å². The first-order valence-electron chi connectivity index (χ1n) is 6.74. The topological polar surface area (TPSA) is 57.6 Å². The molecule has 2 aliphatic rings. The Bertz CT molecular complexity index is 328. The summed E-state index contributed by atoms with van der Waals surface area (Å²) in [6, 6.07) is 0.0647. The third-order valence-corrected chi connectivity index (χ3v) is 5.33. The Balaban J connectivity index is 1.93. The molecule has 0 aromatic heterocycles. The Kier molecular flexibility index (Phi) is 4.54. The van der Waals surface area contributed by atoms with Gasteiger partial charge in [0.25, 0.3) is 0 Å². The number of likely N-dealkylation sites (tertiary alicyclic amines) is 1. The molecule has 2 rings (SSSR count). The Morgan fingerprint density at radius 2 is 2.06 bits per heavy atom. The third-order valence-electron chi connectivity index (χ3n) is 3.96. The van der Waals surface area contributed by atoms with Gasteiger partial charge in [-0.2, -0.15) is 0 Å². The molecule has 2 aliphatic heterocycles. The lowest BCUT2D eigenvalue weighted by Gasteiger charge is -2.38. The van der Waals surface area contributed by atoms with Crippen LogP contribution in [0.15, 0.2) is 0 Å². The number of thioether (sulfide) groups is 1. The van der Waals surface area contributed by atoms with E-state index < -0.39 is 5.97 Å². The summed E-state index contributed by atoms with van der Waals surface area (Å²) in [5.74, 6) is 0.316. The minimum Gasteiger partial charge on any atom is -0.481 e. The van der Waals surface area contributed by atoms with Gasteiger partial charge in [-0.3, -0.25) is 9.59 Å². The van der Waals surface area contributed by atoms with Crippen LogP contribution in [0.4, 0.5) is 0 Å². The van der Waals surface area contributed by atoms with Gasteiger partial charge in [0, 0.05) is 12.6 Å². The van der Waals surface area contributed by atoms with Gasteiger partial charge in [0.1, 0.15) is 0 Å². The summed E-state index contributed by atoms with van der Waals surface area (Å²) in [7, 11) is 0. The van der Waals surface area contributed by atoms with Crippen molar-refractivity contribution in [2.45, 2.75) is 50.3 Å². The Labute approximate surface area is 112 Å². The molecule has 0 aliphatic carbocycles. The molecule has 3 unspecified atom stereocenters. The normalized spacial score (nSPS) is 33.2. The summed E-state index contributed by atoms with van der Waals surface area (Å²) in [6.45, 7) is 2.58. The highest BCUT2D eigenvalue weighted by Crippen LogP contribution is 2.30. The molecule has 1 amide bonds. The van der Waals surface area contributed by atoms with Crippen LogP contribution in [0.5, 0.6) is 0 Å². The fourth-order valence-corrected chi connectivity index (χ4v) is 4.11. The van der Waals surface area contributed by atoms with E-state index in [-0.39, 0.29) is 23.1 Å². The number of carboxylic acid groups (broad SMARTS) is 1. The minimum absolute atomic E-state index is 0.0647. The second-order valence-corrected chi connectivity index (χ2v) is 6.61. The molecular formula is C13H21NO3S. The van der Waals surface area contributed by atoms with Crippen molar-refractivity contribution in [2.75, 3.05) is 12.3 Å². The van der Waals surface area contributed by atoms with E-state index in [1.54, 1.807) is 11.8 Å². The molecule has 2 fully saturated rings. The molecule has 0 aromatic carbocycles. The van der Waals surface area contributed by atoms with Crippen LogP contribution in [0.2, 0.25) is 0 Å². The molecule has 5 heteroatoms. The van der Waals surface area contributed by atoms with Gasteiger partial charge < -0.3 is 10.0 Å². The minimum atomic E-state index is -0.721. The van der Waals surface area contributed by atoms with Gasteiger partial charge in [0.15, 0.2) is 0 Å². The predicted molar refractivity (Wildman–Crippen MR) is 71.6 cm³/mol. The monoisotopic (exact) mass is 271 g/mol. The van der Waals surface area contributed by atoms with E-state index in [1.807, 2.05) is 11.8 Å². The summed E-state index contributed by atoms with van der Waals surface area (Å²) in [5, 5.41) is 9.14. The second-order valence-electron chi connectivity index (χ2n) is 5.30. The van der Waals surface area contributed by atoms with Crippen LogP contribution in [0, 0.1) is 5.92 Å². The summed E-state index contributed by atoms with van der Waals surface area (Å²) in [4.78, 5) is 25.3. The van der Waals surface area contributed by atoms with Crippen molar-refractivity contribution in [1.82, 2.24) is 4.90 Å². The van der Waals surface area contributed by atoms with E-state index in [0.29, 0.717) is 19.4 Å². The number of hydrogen-bond acceptors (Lipinski definition) is 3. The maximum Gasteiger partial charge on any atom is 0.306 e. The lowest BCUT2D eigenvalue weighted by molar-refractivity contribution is -0.147. The zero-order valence-electron chi connectivity index (χ0n) is 10.8. The quantitative estimate of drug-likeness (QED) is 0.834. The van der Waals surface area contributed by atoms with Crippen LogP contribution in [0.25, 0.3) is 0 Å². The first-order chi connectivity index (χ1) is 8.59. The van der Waals surface area contributed by atoms with Gasteiger partial charge >= 0.3 is 5.97 Å². The smallest absolute Gasteiger partial charge is 0.306 e. The summed E-state index contributed by atoms with van der Waals surface area (Å²) < 4.78 is 0. The maximum atomic E-state index is 12.4. The molecule has 2 saturated heterocycles. The highest BCUT2D eigenvalue weighted by atomic mass is 32.2. The summed E-state index contributed by atoms with van der Waals surface area (Å²) >= 11 is 1.77. The van der Waals surface area contributed by atoms with Crippen molar-refractivity contribution in [3.8, 4) is 0 Å². The van der Waals surface area contributed by atoms with Crippen LogP contribution in [-0.4, -0.2) is 45.5 Å². The number of aliphatic carboxylic acids is 1. The van der Waals surface area contributed by atoms with Crippen molar-refractivity contribution < 1.29 is 14.7 Å². The SMILES string of the molecule is CC1CC(C(=O)O)CCN1C(=O)C1CCCCS1. The summed E-state index contributed by atoms with van der Waals surface area (Å²) in [6.07, 6.45) is 4.53. The average Bonchev–Trinajstić information content (AvgIpc) is 2.38.